The van der Waals surface area contributed by atoms with Gasteiger partial charge in [0.1, 0.15) is 5.69 Å². The van der Waals surface area contributed by atoms with Gasteiger partial charge in [-0.15, -0.1) is 0 Å². The van der Waals surface area contributed by atoms with Crippen LogP contribution in [-0.4, -0.2) is 28.0 Å². The van der Waals surface area contributed by atoms with Gasteiger partial charge in [-0.2, -0.15) is 4.98 Å². The molecule has 8 nitrogen and oxygen atoms in total. The van der Waals surface area contributed by atoms with Gasteiger partial charge in [0.25, 0.3) is 0 Å². The van der Waals surface area contributed by atoms with E-state index >= 15 is 0 Å². The minimum Gasteiger partial charge on any atom is -0.378 e. The Bertz CT molecular complexity index is 855. The van der Waals surface area contributed by atoms with Crippen molar-refractivity contribution in [3.05, 3.63) is 50.7 Å². The van der Waals surface area contributed by atoms with Gasteiger partial charge in [-0.25, -0.2) is 4.98 Å². The topological polar surface area (TPSA) is 133 Å². The number of nitro groups is 1. The van der Waals surface area contributed by atoms with E-state index in [1.54, 1.807) is 0 Å². The molecular formula is C20H27ClN6O2. The molecule has 1 aromatic heterocycles. The van der Waals surface area contributed by atoms with Crippen LogP contribution in [-0.2, 0) is 12.8 Å². The number of benzene rings is 1. The lowest BCUT2D eigenvalue weighted by atomic mass is 9.80. The molecule has 1 aliphatic carbocycles. The van der Waals surface area contributed by atoms with Gasteiger partial charge in [0, 0.05) is 11.6 Å². The molecule has 0 spiro atoms. The van der Waals surface area contributed by atoms with Crippen LogP contribution in [0, 0.1) is 22.0 Å². The summed E-state index contributed by atoms with van der Waals surface area (Å²) in [5.74, 6) is 1.13. The monoisotopic (exact) mass is 418 g/mol. The standard InChI is InChI=1S/C20H27ClN6O2/c21-16-3-1-2-13(10-16)8-9-24-20-25-17(18(27(28)29)19(23)26-20)11-14-4-6-15(12-22)7-5-14/h1-3,10,14-15H,4-9,11-12,22H2,(H3,23,24,25,26). The smallest absolute Gasteiger partial charge is 0.332 e. The van der Waals surface area contributed by atoms with Crippen molar-refractivity contribution in [2.75, 3.05) is 24.1 Å². The van der Waals surface area contributed by atoms with Crippen LogP contribution in [0.3, 0.4) is 0 Å². The highest BCUT2D eigenvalue weighted by atomic mass is 35.5. The number of nitrogens with zero attached hydrogens (tertiary/aromatic N) is 3. The first-order valence-electron chi connectivity index (χ1n) is 9.95. The van der Waals surface area contributed by atoms with Crippen LogP contribution in [0.15, 0.2) is 24.3 Å². The minimum atomic E-state index is -0.480. The molecule has 0 amide bonds. The van der Waals surface area contributed by atoms with Crippen molar-refractivity contribution in [1.29, 1.82) is 0 Å². The number of nitrogen functional groups attached to an aromatic ring is 1. The second-order valence-corrected chi connectivity index (χ2v) is 8.05. The van der Waals surface area contributed by atoms with Crippen molar-refractivity contribution >= 4 is 29.1 Å². The molecule has 5 N–H and O–H groups in total. The van der Waals surface area contributed by atoms with Crippen LogP contribution in [0.1, 0.15) is 36.9 Å². The van der Waals surface area contributed by atoms with E-state index in [4.69, 9.17) is 23.1 Å². The van der Waals surface area contributed by atoms with E-state index in [9.17, 15) is 10.1 Å². The number of halogens is 1. The molecule has 1 aromatic carbocycles. The second-order valence-electron chi connectivity index (χ2n) is 7.62. The maximum atomic E-state index is 11.5. The summed E-state index contributed by atoms with van der Waals surface area (Å²) in [6.07, 6.45) is 5.37. The van der Waals surface area contributed by atoms with Crippen molar-refractivity contribution in [3.8, 4) is 0 Å². The van der Waals surface area contributed by atoms with Crippen molar-refractivity contribution < 1.29 is 4.92 Å². The van der Waals surface area contributed by atoms with Gasteiger partial charge in [-0.3, -0.25) is 10.1 Å². The maximum absolute atomic E-state index is 11.5. The number of rotatable bonds is 8. The van der Waals surface area contributed by atoms with Gasteiger partial charge in [0.15, 0.2) is 0 Å². The molecule has 29 heavy (non-hydrogen) atoms. The number of anilines is 2. The zero-order valence-corrected chi connectivity index (χ0v) is 17.1. The first-order chi connectivity index (χ1) is 14.0. The molecule has 0 atom stereocenters. The predicted molar refractivity (Wildman–Crippen MR) is 115 cm³/mol. The van der Waals surface area contributed by atoms with Crippen LogP contribution in [0.2, 0.25) is 5.02 Å². The fourth-order valence-corrected chi connectivity index (χ4v) is 4.11. The van der Waals surface area contributed by atoms with Gasteiger partial charge in [0.2, 0.25) is 11.8 Å². The molecule has 2 aromatic rings. The number of hydrogen-bond donors (Lipinski definition) is 3. The summed E-state index contributed by atoms with van der Waals surface area (Å²) < 4.78 is 0. The normalized spacial score (nSPS) is 19.1. The summed E-state index contributed by atoms with van der Waals surface area (Å²) in [6.45, 7) is 1.27. The minimum absolute atomic E-state index is 0.0964. The van der Waals surface area contributed by atoms with Crippen molar-refractivity contribution in [2.45, 2.75) is 38.5 Å². The summed E-state index contributed by atoms with van der Waals surface area (Å²) >= 11 is 6.01. The molecule has 1 aliphatic rings. The highest BCUT2D eigenvalue weighted by Crippen LogP contribution is 2.33. The molecule has 3 rings (SSSR count). The van der Waals surface area contributed by atoms with E-state index in [-0.39, 0.29) is 11.5 Å². The predicted octanol–water partition coefficient (Wildman–Crippen LogP) is 3.58. The Morgan fingerprint density at radius 2 is 1.93 bits per heavy atom. The average molecular weight is 419 g/mol. The molecule has 156 valence electrons. The number of hydrogen-bond acceptors (Lipinski definition) is 7. The van der Waals surface area contributed by atoms with E-state index in [2.05, 4.69) is 15.3 Å². The van der Waals surface area contributed by atoms with E-state index in [0.717, 1.165) is 37.7 Å². The number of nitrogens with one attached hydrogen (secondary N) is 1. The molecule has 1 fully saturated rings. The Labute approximate surface area is 175 Å². The molecule has 1 saturated carbocycles. The quantitative estimate of drug-likeness (QED) is 0.440. The Morgan fingerprint density at radius 3 is 2.59 bits per heavy atom. The number of nitrogens with two attached hydrogens (primary N) is 2. The Morgan fingerprint density at radius 1 is 1.21 bits per heavy atom. The fourth-order valence-electron chi connectivity index (χ4n) is 3.90. The van der Waals surface area contributed by atoms with E-state index in [1.165, 1.54) is 0 Å². The maximum Gasteiger partial charge on any atom is 0.332 e. The van der Waals surface area contributed by atoms with E-state index < -0.39 is 4.92 Å². The molecule has 0 unspecified atom stereocenters. The molecule has 0 aliphatic heterocycles. The Kier molecular flexibility index (Phi) is 7.22. The summed E-state index contributed by atoms with van der Waals surface area (Å²) in [6, 6.07) is 7.61. The second kappa shape index (κ2) is 9.84. The molecular weight excluding hydrogens is 392 g/mol. The first kappa shape index (κ1) is 21.3. The molecule has 1 heterocycles. The Balaban J connectivity index is 1.69. The third-order valence-electron chi connectivity index (χ3n) is 5.53. The molecule has 9 heteroatoms. The van der Waals surface area contributed by atoms with Crippen molar-refractivity contribution in [2.24, 2.45) is 17.6 Å². The highest BCUT2D eigenvalue weighted by molar-refractivity contribution is 6.30. The van der Waals surface area contributed by atoms with Gasteiger partial charge in [-0.05, 0) is 74.6 Å². The third kappa shape index (κ3) is 5.77. The first-order valence-corrected chi connectivity index (χ1v) is 10.3. The largest absolute Gasteiger partial charge is 0.378 e. The summed E-state index contributed by atoms with van der Waals surface area (Å²) in [4.78, 5) is 19.6. The molecule has 0 bridgehead atoms. The van der Waals surface area contributed by atoms with Crippen LogP contribution in [0.5, 0.6) is 0 Å². The van der Waals surface area contributed by atoms with Crippen LogP contribution >= 0.6 is 11.6 Å². The lowest BCUT2D eigenvalue weighted by Crippen LogP contribution is -2.23. The van der Waals surface area contributed by atoms with Crippen LogP contribution in [0.25, 0.3) is 0 Å². The van der Waals surface area contributed by atoms with E-state index in [1.807, 2.05) is 24.3 Å². The lowest BCUT2D eigenvalue weighted by molar-refractivity contribution is -0.385. The van der Waals surface area contributed by atoms with Crippen LogP contribution < -0.4 is 16.8 Å². The molecule has 0 radical (unpaired) electrons. The van der Waals surface area contributed by atoms with Gasteiger partial charge >= 0.3 is 5.69 Å². The lowest BCUT2D eigenvalue weighted by Gasteiger charge is -2.27. The van der Waals surface area contributed by atoms with Crippen LogP contribution in [0.4, 0.5) is 17.5 Å². The average Bonchev–Trinajstić information content (AvgIpc) is 2.68. The summed E-state index contributed by atoms with van der Waals surface area (Å²) in [5.41, 5.74) is 13.0. The van der Waals surface area contributed by atoms with Crippen molar-refractivity contribution in [3.63, 3.8) is 0 Å². The van der Waals surface area contributed by atoms with E-state index in [0.29, 0.717) is 48.0 Å². The SMILES string of the molecule is NCC1CCC(Cc2nc(NCCc3cccc(Cl)c3)nc(N)c2[N+](=O)[O-])CC1. The van der Waals surface area contributed by atoms with Gasteiger partial charge < -0.3 is 16.8 Å². The molecule has 0 saturated heterocycles. The summed E-state index contributed by atoms with van der Waals surface area (Å²) in [5, 5.41) is 15.3. The number of aromatic nitrogens is 2. The summed E-state index contributed by atoms with van der Waals surface area (Å²) in [7, 11) is 0. The highest BCUT2D eigenvalue weighted by Gasteiger charge is 2.27. The van der Waals surface area contributed by atoms with Crippen molar-refractivity contribution in [1.82, 2.24) is 9.97 Å². The third-order valence-corrected chi connectivity index (χ3v) is 5.77. The fraction of sp³-hybridized carbons (Fsp3) is 0.500. The zero-order chi connectivity index (χ0) is 20.8. The Hall–Kier alpha value is -2.45. The zero-order valence-electron chi connectivity index (χ0n) is 16.3. The van der Waals surface area contributed by atoms with Gasteiger partial charge in [0.05, 0.1) is 4.92 Å². The van der Waals surface area contributed by atoms with Gasteiger partial charge in [-0.1, -0.05) is 23.7 Å².